The van der Waals surface area contributed by atoms with E-state index in [4.69, 9.17) is 11.6 Å². The van der Waals surface area contributed by atoms with Crippen molar-refractivity contribution in [3.8, 4) is 0 Å². The minimum absolute atomic E-state index is 0.786. The van der Waals surface area contributed by atoms with Crippen molar-refractivity contribution in [1.29, 1.82) is 0 Å². The Balaban J connectivity index is 2.33. The van der Waals surface area contributed by atoms with Gasteiger partial charge in [-0.3, -0.25) is 0 Å². The van der Waals surface area contributed by atoms with Gasteiger partial charge in [0.2, 0.25) is 0 Å². The molecule has 1 nitrogen and oxygen atoms in total. The van der Waals surface area contributed by atoms with Crippen molar-refractivity contribution in [2.45, 2.75) is 26.2 Å². The third kappa shape index (κ3) is 4.57. The SMILES string of the molecule is Cc1ccc(N(C)CCCCCCl)cc1. The maximum atomic E-state index is 5.64. The molecule has 0 amide bonds. The molecule has 0 aliphatic rings. The molecule has 0 aliphatic carbocycles. The Bertz CT molecular complexity index is 268. The fourth-order valence-corrected chi connectivity index (χ4v) is 1.74. The van der Waals surface area contributed by atoms with Gasteiger partial charge >= 0.3 is 0 Å². The summed E-state index contributed by atoms with van der Waals surface area (Å²) < 4.78 is 0. The number of benzene rings is 1. The number of alkyl halides is 1. The molecule has 0 heterocycles. The van der Waals surface area contributed by atoms with Gasteiger partial charge in [-0.05, 0) is 31.9 Å². The van der Waals surface area contributed by atoms with Gasteiger partial charge < -0.3 is 4.90 Å². The van der Waals surface area contributed by atoms with Crippen LogP contribution in [-0.2, 0) is 0 Å². The van der Waals surface area contributed by atoms with Gasteiger partial charge in [0.05, 0.1) is 0 Å². The average Bonchev–Trinajstić information content (AvgIpc) is 2.25. The van der Waals surface area contributed by atoms with Gasteiger partial charge in [-0.15, -0.1) is 11.6 Å². The molecule has 2 heteroatoms. The highest BCUT2D eigenvalue weighted by molar-refractivity contribution is 6.17. The van der Waals surface area contributed by atoms with Crippen LogP contribution in [-0.4, -0.2) is 19.5 Å². The molecule has 0 N–H and O–H groups in total. The molecule has 0 saturated heterocycles. The van der Waals surface area contributed by atoms with Crippen LogP contribution in [0.3, 0.4) is 0 Å². The molecule has 0 aromatic heterocycles. The molecule has 1 aromatic carbocycles. The first kappa shape index (κ1) is 12.4. The van der Waals surface area contributed by atoms with Gasteiger partial charge in [0.1, 0.15) is 0 Å². The van der Waals surface area contributed by atoms with Crippen LogP contribution in [0.5, 0.6) is 0 Å². The molecule has 0 spiro atoms. The van der Waals surface area contributed by atoms with Crippen molar-refractivity contribution in [3.63, 3.8) is 0 Å². The molecule has 0 fully saturated rings. The van der Waals surface area contributed by atoms with Crippen molar-refractivity contribution in [1.82, 2.24) is 0 Å². The number of halogens is 1. The smallest absolute Gasteiger partial charge is 0.0363 e. The van der Waals surface area contributed by atoms with Crippen molar-refractivity contribution in [3.05, 3.63) is 29.8 Å². The van der Waals surface area contributed by atoms with Gasteiger partial charge in [0.25, 0.3) is 0 Å². The molecular formula is C13H20ClN. The van der Waals surface area contributed by atoms with Crippen LogP contribution in [0.2, 0.25) is 0 Å². The largest absolute Gasteiger partial charge is 0.375 e. The molecule has 15 heavy (non-hydrogen) atoms. The van der Waals surface area contributed by atoms with Crippen LogP contribution in [0.25, 0.3) is 0 Å². The normalized spacial score (nSPS) is 10.3. The molecule has 0 atom stereocenters. The van der Waals surface area contributed by atoms with Crippen molar-refractivity contribution in [2.75, 3.05) is 24.4 Å². The number of aryl methyl sites for hydroxylation is 1. The van der Waals surface area contributed by atoms with Gasteiger partial charge in [0, 0.05) is 25.2 Å². The fourth-order valence-electron chi connectivity index (χ4n) is 1.55. The maximum absolute atomic E-state index is 5.64. The fraction of sp³-hybridized carbons (Fsp3) is 0.538. The van der Waals surface area contributed by atoms with E-state index in [1.165, 1.54) is 24.1 Å². The van der Waals surface area contributed by atoms with Crippen LogP contribution in [0.15, 0.2) is 24.3 Å². The molecule has 84 valence electrons. The first-order valence-electron chi connectivity index (χ1n) is 5.58. The monoisotopic (exact) mass is 225 g/mol. The van der Waals surface area contributed by atoms with E-state index < -0.39 is 0 Å². The zero-order valence-electron chi connectivity index (χ0n) is 9.67. The number of rotatable bonds is 6. The summed E-state index contributed by atoms with van der Waals surface area (Å²) in [6, 6.07) is 8.67. The zero-order chi connectivity index (χ0) is 11.1. The Kier molecular flexibility index (Phi) is 5.56. The number of unbranched alkanes of at least 4 members (excludes halogenated alkanes) is 2. The van der Waals surface area contributed by atoms with Crippen molar-refractivity contribution < 1.29 is 0 Å². The Hall–Kier alpha value is -0.690. The summed E-state index contributed by atoms with van der Waals surface area (Å²) in [6.07, 6.45) is 3.57. The molecule has 0 aliphatic heterocycles. The van der Waals surface area contributed by atoms with E-state index in [1.807, 2.05) is 0 Å². The summed E-state index contributed by atoms with van der Waals surface area (Å²) in [5.74, 6) is 0.786. The van der Waals surface area contributed by atoms with E-state index in [1.54, 1.807) is 0 Å². The topological polar surface area (TPSA) is 3.24 Å². The van der Waals surface area contributed by atoms with Crippen molar-refractivity contribution in [2.24, 2.45) is 0 Å². The highest BCUT2D eigenvalue weighted by atomic mass is 35.5. The van der Waals surface area contributed by atoms with Gasteiger partial charge in [-0.25, -0.2) is 0 Å². The molecule has 0 unspecified atom stereocenters. The first-order chi connectivity index (χ1) is 7.24. The Labute approximate surface area is 98.0 Å². The van der Waals surface area contributed by atoms with Crippen molar-refractivity contribution >= 4 is 17.3 Å². The number of nitrogens with zero attached hydrogens (tertiary/aromatic N) is 1. The second kappa shape index (κ2) is 6.73. The molecule has 1 aromatic rings. The molecule has 1 rings (SSSR count). The van der Waals surface area contributed by atoms with Gasteiger partial charge in [-0.1, -0.05) is 24.1 Å². The number of hydrogen-bond donors (Lipinski definition) is 0. The summed E-state index contributed by atoms with van der Waals surface area (Å²) in [5.41, 5.74) is 2.61. The third-order valence-electron chi connectivity index (χ3n) is 2.60. The standard InChI is InChI=1S/C13H20ClN/c1-12-6-8-13(9-7-12)15(2)11-5-3-4-10-14/h6-9H,3-5,10-11H2,1-2H3. The van der Waals surface area contributed by atoms with Crippen LogP contribution in [0.4, 0.5) is 5.69 Å². The predicted molar refractivity (Wildman–Crippen MR) is 69.0 cm³/mol. The lowest BCUT2D eigenvalue weighted by atomic mass is 10.2. The predicted octanol–water partition coefficient (Wildman–Crippen LogP) is 3.84. The number of hydrogen-bond acceptors (Lipinski definition) is 1. The summed E-state index contributed by atoms with van der Waals surface area (Å²) in [6.45, 7) is 3.23. The van der Waals surface area contributed by atoms with Gasteiger partial charge in [0.15, 0.2) is 0 Å². The molecule has 0 radical (unpaired) electrons. The summed E-state index contributed by atoms with van der Waals surface area (Å²) in [4.78, 5) is 2.30. The summed E-state index contributed by atoms with van der Waals surface area (Å²) >= 11 is 5.64. The highest BCUT2D eigenvalue weighted by Crippen LogP contribution is 2.14. The summed E-state index contributed by atoms with van der Waals surface area (Å²) in [7, 11) is 2.14. The second-order valence-corrected chi connectivity index (χ2v) is 4.38. The van der Waals surface area contributed by atoms with E-state index in [2.05, 4.69) is 43.1 Å². The zero-order valence-corrected chi connectivity index (χ0v) is 10.4. The van der Waals surface area contributed by atoms with Crippen LogP contribution in [0, 0.1) is 6.92 Å². The van der Waals surface area contributed by atoms with Crippen LogP contribution in [0.1, 0.15) is 24.8 Å². The number of anilines is 1. The average molecular weight is 226 g/mol. The Morgan fingerprint density at radius 2 is 1.73 bits per heavy atom. The molecule has 0 bridgehead atoms. The quantitative estimate of drug-likeness (QED) is 0.525. The lowest BCUT2D eigenvalue weighted by molar-refractivity contribution is 0.708. The second-order valence-electron chi connectivity index (χ2n) is 4.01. The minimum Gasteiger partial charge on any atom is -0.375 e. The minimum atomic E-state index is 0.786. The van der Waals surface area contributed by atoms with E-state index in [0.29, 0.717) is 0 Å². The lowest BCUT2D eigenvalue weighted by Crippen LogP contribution is -2.18. The lowest BCUT2D eigenvalue weighted by Gasteiger charge is -2.19. The van der Waals surface area contributed by atoms with Crippen LogP contribution < -0.4 is 4.90 Å². The van der Waals surface area contributed by atoms with E-state index in [9.17, 15) is 0 Å². The highest BCUT2D eigenvalue weighted by Gasteiger charge is 1.99. The molecular weight excluding hydrogens is 206 g/mol. The molecule has 0 saturated carbocycles. The Morgan fingerprint density at radius 1 is 1.07 bits per heavy atom. The van der Waals surface area contributed by atoms with E-state index in [-0.39, 0.29) is 0 Å². The first-order valence-corrected chi connectivity index (χ1v) is 6.11. The Morgan fingerprint density at radius 3 is 2.33 bits per heavy atom. The van der Waals surface area contributed by atoms with Crippen LogP contribution >= 0.6 is 11.6 Å². The summed E-state index contributed by atoms with van der Waals surface area (Å²) in [5, 5.41) is 0. The van der Waals surface area contributed by atoms with E-state index >= 15 is 0 Å². The third-order valence-corrected chi connectivity index (χ3v) is 2.87. The van der Waals surface area contributed by atoms with E-state index in [0.717, 1.165) is 18.8 Å². The van der Waals surface area contributed by atoms with Gasteiger partial charge in [-0.2, -0.15) is 0 Å². The maximum Gasteiger partial charge on any atom is 0.0363 e.